The molecule has 23 heavy (non-hydrogen) atoms. The lowest BCUT2D eigenvalue weighted by Gasteiger charge is -2.13. The summed E-state index contributed by atoms with van der Waals surface area (Å²) in [6, 6.07) is 15.1. The van der Waals surface area contributed by atoms with Crippen LogP contribution in [0.5, 0.6) is 5.75 Å². The molecule has 0 bridgehead atoms. The zero-order valence-corrected chi connectivity index (χ0v) is 13.6. The summed E-state index contributed by atoms with van der Waals surface area (Å²) in [5, 5.41) is 2.88. The van der Waals surface area contributed by atoms with Gasteiger partial charge in [-0.3, -0.25) is 4.79 Å². The molecule has 0 spiro atoms. The molecule has 0 saturated heterocycles. The molecule has 1 amide bonds. The third-order valence-electron chi connectivity index (χ3n) is 3.39. The van der Waals surface area contributed by atoms with E-state index in [1.165, 1.54) is 0 Å². The van der Waals surface area contributed by atoms with Crippen molar-refractivity contribution in [2.24, 2.45) is 0 Å². The lowest BCUT2D eigenvalue weighted by molar-refractivity contribution is -0.116. The van der Waals surface area contributed by atoms with E-state index in [-0.39, 0.29) is 5.91 Å². The summed E-state index contributed by atoms with van der Waals surface area (Å²) in [5.41, 5.74) is 8.29. The van der Waals surface area contributed by atoms with Crippen molar-refractivity contribution in [3.05, 3.63) is 48.5 Å². The molecule has 2 rings (SSSR count). The molecule has 0 saturated carbocycles. The summed E-state index contributed by atoms with van der Waals surface area (Å²) < 4.78 is 5.57. The summed E-state index contributed by atoms with van der Waals surface area (Å²) in [5.74, 6) is 0.638. The highest BCUT2D eigenvalue weighted by atomic mass is 16.5. The maximum absolute atomic E-state index is 11.9. The second-order valence-electron chi connectivity index (χ2n) is 5.48. The zero-order valence-electron chi connectivity index (χ0n) is 13.6. The number of amides is 1. The van der Waals surface area contributed by atoms with Crippen LogP contribution in [0.4, 0.5) is 17.1 Å². The Morgan fingerprint density at radius 1 is 1.13 bits per heavy atom. The quantitative estimate of drug-likeness (QED) is 0.609. The highest BCUT2D eigenvalue weighted by Gasteiger charge is 2.04. The van der Waals surface area contributed by atoms with Crippen molar-refractivity contribution in [1.29, 1.82) is 0 Å². The average Bonchev–Trinajstić information content (AvgIpc) is 2.53. The van der Waals surface area contributed by atoms with Gasteiger partial charge in [-0.15, -0.1) is 0 Å². The minimum absolute atomic E-state index is 0.0211. The number of nitrogens with zero attached hydrogens (tertiary/aromatic N) is 1. The monoisotopic (exact) mass is 313 g/mol. The molecule has 0 aliphatic rings. The molecule has 2 aromatic rings. The Kier molecular flexibility index (Phi) is 5.86. The van der Waals surface area contributed by atoms with Crippen LogP contribution in [0.2, 0.25) is 0 Å². The molecule has 5 nitrogen and oxygen atoms in total. The van der Waals surface area contributed by atoms with Gasteiger partial charge in [-0.1, -0.05) is 12.1 Å². The van der Waals surface area contributed by atoms with E-state index in [9.17, 15) is 4.79 Å². The highest BCUT2D eigenvalue weighted by Crippen LogP contribution is 2.20. The van der Waals surface area contributed by atoms with Crippen molar-refractivity contribution in [1.82, 2.24) is 0 Å². The van der Waals surface area contributed by atoms with Gasteiger partial charge in [0.2, 0.25) is 5.91 Å². The first-order chi connectivity index (χ1) is 11.1. The molecule has 0 heterocycles. The maximum Gasteiger partial charge on any atom is 0.224 e. The molecule has 0 fully saturated rings. The van der Waals surface area contributed by atoms with Crippen LogP contribution in [0.25, 0.3) is 0 Å². The van der Waals surface area contributed by atoms with Gasteiger partial charge in [0.05, 0.1) is 12.3 Å². The van der Waals surface area contributed by atoms with Gasteiger partial charge in [-0.25, -0.2) is 0 Å². The van der Waals surface area contributed by atoms with Crippen LogP contribution in [0, 0.1) is 0 Å². The number of carbonyl (C=O) groups is 1. The number of carbonyl (C=O) groups excluding carboxylic acids is 1. The van der Waals surface area contributed by atoms with Gasteiger partial charge in [-0.05, 0) is 42.8 Å². The van der Waals surface area contributed by atoms with E-state index in [1.807, 2.05) is 61.5 Å². The molecule has 5 heteroatoms. The van der Waals surface area contributed by atoms with Gasteiger partial charge < -0.3 is 20.7 Å². The van der Waals surface area contributed by atoms with Gasteiger partial charge in [0.15, 0.2) is 0 Å². The molecule has 0 atom stereocenters. The number of hydrogen-bond acceptors (Lipinski definition) is 4. The van der Waals surface area contributed by atoms with Crippen molar-refractivity contribution < 1.29 is 9.53 Å². The van der Waals surface area contributed by atoms with E-state index in [0.717, 1.165) is 11.4 Å². The minimum atomic E-state index is -0.0211. The molecule has 0 radical (unpaired) electrons. The molecular weight excluding hydrogens is 290 g/mol. The first kappa shape index (κ1) is 16.7. The summed E-state index contributed by atoms with van der Waals surface area (Å²) in [7, 11) is 3.96. The molecule has 122 valence electrons. The fourth-order valence-corrected chi connectivity index (χ4v) is 2.09. The average molecular weight is 313 g/mol. The largest absolute Gasteiger partial charge is 0.491 e. The Morgan fingerprint density at radius 3 is 2.48 bits per heavy atom. The molecule has 0 aliphatic heterocycles. The first-order valence-corrected chi connectivity index (χ1v) is 7.61. The minimum Gasteiger partial charge on any atom is -0.491 e. The highest BCUT2D eigenvalue weighted by molar-refractivity contribution is 5.90. The fraction of sp³-hybridized carbons (Fsp3) is 0.278. The SMILES string of the molecule is CN(C)c1ccc(NC(=O)CCCOc2ccccc2N)cc1. The lowest BCUT2D eigenvalue weighted by atomic mass is 10.2. The predicted molar refractivity (Wildman–Crippen MR) is 95.0 cm³/mol. The molecule has 0 aliphatic carbocycles. The number of ether oxygens (including phenoxy) is 1. The van der Waals surface area contributed by atoms with Crippen molar-refractivity contribution in [3.8, 4) is 5.75 Å². The number of rotatable bonds is 7. The van der Waals surface area contributed by atoms with Crippen molar-refractivity contribution in [2.75, 3.05) is 36.7 Å². The van der Waals surface area contributed by atoms with Crippen LogP contribution < -0.4 is 20.7 Å². The standard InChI is InChI=1S/C18H23N3O2/c1-21(2)15-11-9-14(10-12-15)20-18(22)8-5-13-23-17-7-4-3-6-16(17)19/h3-4,6-7,9-12H,5,8,13,19H2,1-2H3,(H,20,22). The Morgan fingerprint density at radius 2 is 1.83 bits per heavy atom. The Labute approximate surface area is 137 Å². The normalized spacial score (nSPS) is 10.2. The number of benzene rings is 2. The molecule has 3 N–H and O–H groups in total. The molecule has 2 aromatic carbocycles. The van der Waals surface area contributed by atoms with Crippen LogP contribution in [0.3, 0.4) is 0 Å². The van der Waals surface area contributed by atoms with Crippen LogP contribution in [-0.4, -0.2) is 26.6 Å². The second-order valence-corrected chi connectivity index (χ2v) is 5.48. The second kappa shape index (κ2) is 8.08. The molecular formula is C18H23N3O2. The third kappa shape index (κ3) is 5.21. The predicted octanol–water partition coefficient (Wildman–Crippen LogP) is 3.13. The van der Waals surface area contributed by atoms with Crippen molar-refractivity contribution in [2.45, 2.75) is 12.8 Å². The topological polar surface area (TPSA) is 67.6 Å². The van der Waals surface area contributed by atoms with Crippen LogP contribution >= 0.6 is 0 Å². The lowest BCUT2D eigenvalue weighted by Crippen LogP contribution is -2.13. The number of hydrogen-bond donors (Lipinski definition) is 2. The fourth-order valence-electron chi connectivity index (χ4n) is 2.09. The number of para-hydroxylation sites is 2. The number of anilines is 3. The summed E-state index contributed by atoms with van der Waals surface area (Å²) in [6.45, 7) is 0.460. The zero-order chi connectivity index (χ0) is 16.7. The van der Waals surface area contributed by atoms with Crippen molar-refractivity contribution in [3.63, 3.8) is 0 Å². The van der Waals surface area contributed by atoms with E-state index >= 15 is 0 Å². The van der Waals surface area contributed by atoms with Crippen molar-refractivity contribution >= 4 is 23.0 Å². The van der Waals surface area contributed by atoms with E-state index < -0.39 is 0 Å². The number of nitrogens with one attached hydrogen (secondary N) is 1. The summed E-state index contributed by atoms with van der Waals surface area (Å²) in [6.07, 6.45) is 1.04. The van der Waals surface area contributed by atoms with Crippen LogP contribution in [0.1, 0.15) is 12.8 Å². The van der Waals surface area contributed by atoms with Gasteiger partial charge in [-0.2, -0.15) is 0 Å². The van der Waals surface area contributed by atoms with E-state index in [2.05, 4.69) is 5.32 Å². The van der Waals surface area contributed by atoms with E-state index in [0.29, 0.717) is 30.9 Å². The Balaban J connectivity index is 1.72. The van der Waals surface area contributed by atoms with Crippen LogP contribution in [0.15, 0.2) is 48.5 Å². The number of nitrogen functional groups attached to an aromatic ring is 1. The van der Waals surface area contributed by atoms with Crippen LogP contribution in [-0.2, 0) is 4.79 Å². The van der Waals surface area contributed by atoms with Gasteiger partial charge in [0.1, 0.15) is 5.75 Å². The third-order valence-corrected chi connectivity index (χ3v) is 3.39. The number of nitrogens with two attached hydrogens (primary N) is 1. The van der Waals surface area contributed by atoms with Gasteiger partial charge >= 0.3 is 0 Å². The summed E-state index contributed by atoms with van der Waals surface area (Å²) in [4.78, 5) is 13.9. The van der Waals surface area contributed by atoms with Gasteiger partial charge in [0.25, 0.3) is 0 Å². The Hall–Kier alpha value is -2.69. The van der Waals surface area contributed by atoms with E-state index in [1.54, 1.807) is 6.07 Å². The van der Waals surface area contributed by atoms with Gasteiger partial charge in [0, 0.05) is 31.9 Å². The molecule has 0 unspecified atom stereocenters. The summed E-state index contributed by atoms with van der Waals surface area (Å²) >= 11 is 0. The molecule has 0 aromatic heterocycles. The maximum atomic E-state index is 11.9. The van der Waals surface area contributed by atoms with E-state index in [4.69, 9.17) is 10.5 Å². The Bertz CT molecular complexity index is 639. The first-order valence-electron chi connectivity index (χ1n) is 7.61. The smallest absolute Gasteiger partial charge is 0.224 e.